The predicted molar refractivity (Wildman–Crippen MR) is 82.8 cm³/mol. The Morgan fingerprint density at radius 1 is 1.29 bits per heavy atom. The van der Waals surface area contributed by atoms with E-state index in [0.29, 0.717) is 0 Å². The summed E-state index contributed by atoms with van der Waals surface area (Å²) in [6, 6.07) is 4.15. The summed E-state index contributed by atoms with van der Waals surface area (Å²) in [5, 5.41) is 3.13. The smallest absolute Gasteiger partial charge is 0.224 e. The third kappa shape index (κ3) is 4.53. The number of rotatable bonds is 6. The first-order valence-electron chi connectivity index (χ1n) is 8.20. The van der Waals surface area contributed by atoms with Gasteiger partial charge >= 0.3 is 0 Å². The van der Waals surface area contributed by atoms with Crippen LogP contribution in [0.4, 0.5) is 0 Å². The lowest BCUT2D eigenvalue weighted by Crippen LogP contribution is -2.44. The number of hydrogen-bond donors (Lipinski definition) is 1. The molecular weight excluding hydrogens is 262 g/mol. The van der Waals surface area contributed by atoms with Crippen LogP contribution in [-0.4, -0.2) is 42.0 Å². The minimum atomic E-state index is 0.190. The molecule has 0 unspecified atom stereocenters. The first-order valence-corrected chi connectivity index (χ1v) is 8.20. The Morgan fingerprint density at radius 3 is 2.86 bits per heavy atom. The van der Waals surface area contributed by atoms with E-state index in [1.165, 1.54) is 18.4 Å². The van der Waals surface area contributed by atoms with Crippen molar-refractivity contribution in [2.24, 2.45) is 11.8 Å². The minimum absolute atomic E-state index is 0.190. The number of nitrogens with one attached hydrogen (secondary N) is 1. The number of hydrogen-bond acceptors (Lipinski definition) is 3. The van der Waals surface area contributed by atoms with Crippen molar-refractivity contribution in [2.45, 2.75) is 32.1 Å². The molecule has 114 valence electrons. The van der Waals surface area contributed by atoms with E-state index in [0.717, 1.165) is 51.4 Å². The lowest BCUT2D eigenvalue weighted by atomic mass is 9.96. The summed E-state index contributed by atoms with van der Waals surface area (Å²) in [7, 11) is 0. The second-order valence-electron chi connectivity index (χ2n) is 6.43. The van der Waals surface area contributed by atoms with Crippen LogP contribution < -0.4 is 5.32 Å². The average molecular weight is 287 g/mol. The third-order valence-electron chi connectivity index (χ3n) is 4.60. The number of likely N-dealkylation sites (tertiary alicyclic amines) is 1. The van der Waals surface area contributed by atoms with Gasteiger partial charge in [-0.25, -0.2) is 0 Å². The summed E-state index contributed by atoms with van der Waals surface area (Å²) >= 11 is 0. The van der Waals surface area contributed by atoms with Crippen molar-refractivity contribution in [3.8, 4) is 0 Å². The van der Waals surface area contributed by atoms with Crippen LogP contribution in [0.15, 0.2) is 24.5 Å². The van der Waals surface area contributed by atoms with Gasteiger partial charge in [0.25, 0.3) is 0 Å². The lowest BCUT2D eigenvalue weighted by Gasteiger charge is -2.32. The number of nitrogens with zero attached hydrogens (tertiary/aromatic N) is 2. The first-order chi connectivity index (χ1) is 10.3. The Kier molecular flexibility index (Phi) is 4.86. The molecule has 1 aliphatic heterocycles. The van der Waals surface area contributed by atoms with Crippen LogP contribution in [0.5, 0.6) is 0 Å². The van der Waals surface area contributed by atoms with Crippen molar-refractivity contribution in [1.29, 1.82) is 0 Å². The maximum atomic E-state index is 12.2. The molecule has 1 saturated carbocycles. The van der Waals surface area contributed by atoms with Gasteiger partial charge in [0.05, 0.1) is 5.92 Å². The van der Waals surface area contributed by atoms with E-state index in [4.69, 9.17) is 0 Å². The fourth-order valence-corrected chi connectivity index (χ4v) is 3.02. The van der Waals surface area contributed by atoms with Gasteiger partial charge in [0.15, 0.2) is 0 Å². The monoisotopic (exact) mass is 287 g/mol. The van der Waals surface area contributed by atoms with Crippen molar-refractivity contribution in [2.75, 3.05) is 26.2 Å². The van der Waals surface area contributed by atoms with Crippen molar-refractivity contribution in [3.63, 3.8) is 0 Å². The predicted octanol–water partition coefficient (Wildman–Crippen LogP) is 1.86. The third-order valence-corrected chi connectivity index (χ3v) is 4.60. The summed E-state index contributed by atoms with van der Waals surface area (Å²) in [5.41, 5.74) is 1.32. The van der Waals surface area contributed by atoms with E-state index in [1.807, 2.05) is 12.4 Å². The Labute approximate surface area is 126 Å². The average Bonchev–Trinajstić information content (AvgIpc) is 3.36. The highest BCUT2D eigenvalue weighted by Gasteiger charge is 2.27. The molecule has 4 nitrogen and oxygen atoms in total. The highest BCUT2D eigenvalue weighted by molar-refractivity contribution is 5.79. The molecule has 0 aromatic carbocycles. The summed E-state index contributed by atoms with van der Waals surface area (Å²) in [4.78, 5) is 18.7. The molecule has 4 heteroatoms. The second kappa shape index (κ2) is 7.03. The number of aromatic nitrogens is 1. The van der Waals surface area contributed by atoms with Crippen LogP contribution in [0.25, 0.3) is 0 Å². The molecule has 0 radical (unpaired) electrons. The number of pyridine rings is 1. The molecule has 21 heavy (non-hydrogen) atoms. The number of carbonyl (C=O) groups is 1. The van der Waals surface area contributed by atoms with E-state index in [1.54, 1.807) is 0 Å². The Morgan fingerprint density at radius 2 is 2.10 bits per heavy atom. The normalized spacial score (nSPS) is 23.0. The van der Waals surface area contributed by atoms with Gasteiger partial charge in [-0.15, -0.1) is 0 Å². The number of amides is 1. The van der Waals surface area contributed by atoms with Gasteiger partial charge in [-0.05, 0) is 62.3 Å². The van der Waals surface area contributed by atoms with Crippen molar-refractivity contribution in [3.05, 3.63) is 30.1 Å². The molecule has 1 saturated heterocycles. The standard InChI is InChI=1S/C17H25N3O/c21-17(19-12-15-3-4-15)16-2-1-10-20(13-16)11-7-14-5-8-18-9-6-14/h5-6,8-9,15-16H,1-4,7,10-13H2,(H,19,21)/t16-/m0/s1. The molecule has 1 aromatic rings. The summed E-state index contributed by atoms with van der Waals surface area (Å²) < 4.78 is 0. The van der Waals surface area contributed by atoms with Gasteiger partial charge in [0.2, 0.25) is 5.91 Å². The topological polar surface area (TPSA) is 45.2 Å². The molecule has 0 spiro atoms. The SMILES string of the molecule is O=C(NCC1CC1)[C@H]1CCCN(CCc2ccncc2)C1. The van der Waals surface area contributed by atoms with Gasteiger partial charge in [0.1, 0.15) is 0 Å². The Hall–Kier alpha value is -1.42. The Balaban J connectivity index is 1.42. The second-order valence-corrected chi connectivity index (χ2v) is 6.43. The van der Waals surface area contributed by atoms with E-state index >= 15 is 0 Å². The maximum Gasteiger partial charge on any atom is 0.224 e. The van der Waals surface area contributed by atoms with E-state index in [9.17, 15) is 4.79 Å². The highest BCUT2D eigenvalue weighted by Crippen LogP contribution is 2.27. The number of carbonyl (C=O) groups excluding carboxylic acids is 1. The summed E-state index contributed by atoms with van der Waals surface area (Å²) in [5.74, 6) is 1.23. The van der Waals surface area contributed by atoms with Crippen LogP contribution in [-0.2, 0) is 11.2 Å². The van der Waals surface area contributed by atoms with Crippen LogP contribution in [0.3, 0.4) is 0 Å². The molecule has 1 N–H and O–H groups in total. The molecule has 3 rings (SSSR count). The minimum Gasteiger partial charge on any atom is -0.356 e. The maximum absolute atomic E-state index is 12.2. The quantitative estimate of drug-likeness (QED) is 0.868. The molecular formula is C17H25N3O. The van der Waals surface area contributed by atoms with Crippen LogP contribution in [0.1, 0.15) is 31.2 Å². The van der Waals surface area contributed by atoms with Gasteiger partial charge in [0, 0.05) is 32.0 Å². The highest BCUT2D eigenvalue weighted by atomic mass is 16.1. The molecule has 2 heterocycles. The summed E-state index contributed by atoms with van der Waals surface area (Å²) in [6.07, 6.45) is 9.50. The Bertz CT molecular complexity index is 458. The molecule has 1 aromatic heterocycles. The van der Waals surface area contributed by atoms with Crippen molar-refractivity contribution in [1.82, 2.24) is 15.2 Å². The first kappa shape index (κ1) is 14.5. The zero-order valence-corrected chi connectivity index (χ0v) is 12.6. The molecule has 2 fully saturated rings. The molecule has 0 bridgehead atoms. The molecule has 1 amide bonds. The largest absolute Gasteiger partial charge is 0.356 e. The molecule has 2 aliphatic rings. The zero-order valence-electron chi connectivity index (χ0n) is 12.6. The fourth-order valence-electron chi connectivity index (χ4n) is 3.02. The van der Waals surface area contributed by atoms with Crippen molar-refractivity contribution < 1.29 is 4.79 Å². The van der Waals surface area contributed by atoms with Crippen LogP contribution in [0, 0.1) is 11.8 Å². The molecule has 1 aliphatic carbocycles. The van der Waals surface area contributed by atoms with E-state index in [2.05, 4.69) is 27.3 Å². The van der Waals surface area contributed by atoms with Crippen molar-refractivity contribution >= 4 is 5.91 Å². The van der Waals surface area contributed by atoms with Gasteiger partial charge in [-0.2, -0.15) is 0 Å². The van der Waals surface area contributed by atoms with E-state index < -0.39 is 0 Å². The van der Waals surface area contributed by atoms with E-state index in [-0.39, 0.29) is 11.8 Å². The lowest BCUT2D eigenvalue weighted by molar-refractivity contribution is -0.126. The van der Waals surface area contributed by atoms with Gasteiger partial charge in [-0.1, -0.05) is 0 Å². The zero-order chi connectivity index (χ0) is 14.5. The van der Waals surface area contributed by atoms with Crippen LogP contribution >= 0.6 is 0 Å². The fraction of sp³-hybridized carbons (Fsp3) is 0.647. The number of piperidine rings is 1. The van der Waals surface area contributed by atoms with Gasteiger partial charge in [-0.3, -0.25) is 9.78 Å². The summed E-state index contributed by atoms with van der Waals surface area (Å²) in [6.45, 7) is 3.97. The van der Waals surface area contributed by atoms with Gasteiger partial charge < -0.3 is 10.2 Å². The van der Waals surface area contributed by atoms with Crippen LogP contribution in [0.2, 0.25) is 0 Å². The molecule has 1 atom stereocenters.